The molecular weight excluding hydrogens is 415 g/mol. The monoisotopic (exact) mass is 438 g/mol. The molecule has 4 aromatic rings. The maximum atomic E-state index is 13.5. The van der Waals surface area contributed by atoms with Gasteiger partial charge in [-0.25, -0.2) is 4.39 Å². The lowest BCUT2D eigenvalue weighted by Crippen LogP contribution is -2.14. The molecule has 0 saturated carbocycles. The number of hydrogen-bond acceptors (Lipinski definition) is 3. The zero-order chi connectivity index (χ0) is 22.0. The quantitative estimate of drug-likeness (QED) is 0.408. The van der Waals surface area contributed by atoms with E-state index in [1.165, 1.54) is 0 Å². The van der Waals surface area contributed by atoms with Crippen LogP contribution in [0, 0.1) is 18.6 Å². The number of ether oxygens (including phenoxy) is 1. The predicted octanol–water partition coefficient (Wildman–Crippen LogP) is 4.79. The Bertz CT molecular complexity index is 1360. The Morgan fingerprint density at radius 1 is 1.16 bits per heavy atom. The summed E-state index contributed by atoms with van der Waals surface area (Å²) in [5, 5.41) is 0. The van der Waals surface area contributed by atoms with E-state index in [0.29, 0.717) is 41.0 Å². The minimum absolute atomic E-state index is 0.150. The molecule has 0 aliphatic carbocycles. The van der Waals surface area contributed by atoms with Gasteiger partial charge >= 0.3 is 0 Å². The smallest absolute Gasteiger partial charge is 0.276 e. The van der Waals surface area contributed by atoms with Gasteiger partial charge in [-0.15, -0.1) is 0 Å². The van der Waals surface area contributed by atoms with Crippen molar-refractivity contribution in [2.75, 3.05) is 6.61 Å². The normalized spacial score (nSPS) is 11.9. The third-order valence-electron chi connectivity index (χ3n) is 5.30. The van der Waals surface area contributed by atoms with Gasteiger partial charge in [0.05, 0.1) is 18.4 Å². The predicted molar refractivity (Wildman–Crippen MR) is 122 cm³/mol. The van der Waals surface area contributed by atoms with Crippen LogP contribution in [0.15, 0.2) is 65.4 Å². The molecule has 0 bridgehead atoms. The van der Waals surface area contributed by atoms with Gasteiger partial charge in [0.2, 0.25) is 0 Å². The molecule has 8 heteroatoms. The minimum atomic E-state index is -0.239. The molecule has 0 atom stereocenters. The summed E-state index contributed by atoms with van der Waals surface area (Å²) in [6, 6.07) is 13.4. The van der Waals surface area contributed by atoms with Crippen LogP contribution in [0.5, 0.6) is 5.75 Å². The molecule has 0 amide bonds. The van der Waals surface area contributed by atoms with Crippen LogP contribution in [0.25, 0.3) is 11.0 Å². The molecule has 6 nitrogen and oxygen atoms in total. The maximum Gasteiger partial charge on any atom is 0.276 e. The molecule has 160 valence electrons. The molecule has 3 heterocycles. The fourth-order valence-corrected chi connectivity index (χ4v) is 3.87. The fraction of sp³-hybridized carbons (Fsp3) is 0.217. The first-order valence-electron chi connectivity index (χ1n) is 9.89. The van der Waals surface area contributed by atoms with E-state index in [2.05, 4.69) is 9.97 Å². The molecule has 0 unspecified atom stereocenters. The second kappa shape index (κ2) is 8.77. The van der Waals surface area contributed by atoms with E-state index in [0.717, 1.165) is 22.5 Å². The van der Waals surface area contributed by atoms with Crippen molar-refractivity contribution in [1.29, 1.82) is 0 Å². The van der Waals surface area contributed by atoms with E-state index in [1.54, 1.807) is 6.20 Å². The van der Waals surface area contributed by atoms with E-state index < -0.39 is 0 Å². The fourth-order valence-electron chi connectivity index (χ4n) is 3.62. The van der Waals surface area contributed by atoms with Gasteiger partial charge in [-0.05, 0) is 62.0 Å². The standard InChI is InChI=1S/C23H23FN4O2S/c1-15-6-7-16(2)27(15)13-18(11-24)14-30-19-5-3-4-17(10-19)12-28-20-8-9-25-21(20)22(29)26-23(28)31/h3-11,25H,12-14H2,1-2H3,(H,26,29,31)/b18-11+. The first kappa shape index (κ1) is 20.9. The second-order valence-electron chi connectivity index (χ2n) is 7.49. The van der Waals surface area contributed by atoms with Gasteiger partial charge < -0.3 is 18.9 Å². The van der Waals surface area contributed by atoms with Crippen LogP contribution in [0.3, 0.4) is 0 Å². The Labute approximate surface area is 183 Å². The summed E-state index contributed by atoms with van der Waals surface area (Å²) in [5.41, 5.74) is 4.63. The number of aromatic amines is 2. The first-order chi connectivity index (χ1) is 15.0. The average molecular weight is 439 g/mol. The van der Waals surface area contributed by atoms with E-state index in [1.807, 2.05) is 65.4 Å². The van der Waals surface area contributed by atoms with Crippen molar-refractivity contribution in [1.82, 2.24) is 19.1 Å². The van der Waals surface area contributed by atoms with Gasteiger partial charge in [0.25, 0.3) is 5.56 Å². The van der Waals surface area contributed by atoms with E-state index in [4.69, 9.17) is 17.0 Å². The molecule has 0 radical (unpaired) electrons. The number of aryl methyl sites for hydroxylation is 2. The van der Waals surface area contributed by atoms with Crippen LogP contribution in [-0.4, -0.2) is 25.7 Å². The highest BCUT2D eigenvalue weighted by Gasteiger charge is 2.09. The Balaban J connectivity index is 1.50. The van der Waals surface area contributed by atoms with E-state index >= 15 is 0 Å². The van der Waals surface area contributed by atoms with Gasteiger partial charge in [-0.1, -0.05) is 12.1 Å². The van der Waals surface area contributed by atoms with Crippen molar-refractivity contribution in [2.45, 2.75) is 26.9 Å². The molecular formula is C23H23FN4O2S. The van der Waals surface area contributed by atoms with Crippen LogP contribution < -0.4 is 10.3 Å². The number of rotatable bonds is 7. The number of benzene rings is 1. The van der Waals surface area contributed by atoms with Crippen LogP contribution in [0.2, 0.25) is 0 Å². The number of nitrogens with one attached hydrogen (secondary N) is 2. The lowest BCUT2D eigenvalue weighted by atomic mass is 10.2. The molecule has 31 heavy (non-hydrogen) atoms. The molecule has 0 aliphatic rings. The van der Waals surface area contributed by atoms with Gasteiger partial charge in [0.15, 0.2) is 4.77 Å². The third-order valence-corrected chi connectivity index (χ3v) is 5.63. The van der Waals surface area contributed by atoms with Crippen molar-refractivity contribution in [3.05, 3.63) is 92.6 Å². The SMILES string of the molecule is Cc1ccc(C)n1C/C(=C\F)COc1cccc(Cn2c(=S)[nH]c(=O)c3[nH]ccc32)c1. The minimum Gasteiger partial charge on any atom is -0.489 e. The Kier molecular flexibility index (Phi) is 5.90. The number of hydrogen-bond donors (Lipinski definition) is 2. The van der Waals surface area contributed by atoms with Gasteiger partial charge in [0.1, 0.15) is 17.9 Å². The van der Waals surface area contributed by atoms with Gasteiger partial charge in [-0.2, -0.15) is 0 Å². The lowest BCUT2D eigenvalue weighted by molar-refractivity contribution is 0.341. The van der Waals surface area contributed by atoms with Crippen LogP contribution in [-0.2, 0) is 13.1 Å². The van der Waals surface area contributed by atoms with Crippen molar-refractivity contribution in [3.63, 3.8) is 0 Å². The summed E-state index contributed by atoms with van der Waals surface area (Å²) in [5.74, 6) is 0.638. The largest absolute Gasteiger partial charge is 0.489 e. The molecule has 3 aromatic heterocycles. The number of halogens is 1. The molecule has 1 aromatic carbocycles. The van der Waals surface area contributed by atoms with Crippen molar-refractivity contribution < 1.29 is 9.13 Å². The van der Waals surface area contributed by atoms with Crippen LogP contribution in [0.1, 0.15) is 17.0 Å². The maximum absolute atomic E-state index is 13.5. The Morgan fingerprint density at radius 2 is 1.94 bits per heavy atom. The van der Waals surface area contributed by atoms with Crippen molar-refractivity contribution in [2.24, 2.45) is 0 Å². The summed E-state index contributed by atoms with van der Waals surface area (Å²) in [7, 11) is 0. The summed E-state index contributed by atoms with van der Waals surface area (Å²) in [6.45, 7) is 5.05. The Hall–Kier alpha value is -3.39. The zero-order valence-electron chi connectivity index (χ0n) is 17.3. The van der Waals surface area contributed by atoms with Gasteiger partial charge in [0, 0.05) is 29.7 Å². The van der Waals surface area contributed by atoms with E-state index in [9.17, 15) is 9.18 Å². The summed E-state index contributed by atoms with van der Waals surface area (Å²) in [6.07, 6.45) is 2.33. The summed E-state index contributed by atoms with van der Waals surface area (Å²) >= 11 is 5.35. The molecule has 0 fully saturated rings. The topological polar surface area (TPSA) is 67.7 Å². The highest BCUT2D eigenvalue weighted by atomic mass is 32.1. The number of fused-ring (bicyclic) bond motifs is 1. The van der Waals surface area contributed by atoms with Crippen molar-refractivity contribution in [3.8, 4) is 5.75 Å². The lowest BCUT2D eigenvalue weighted by Gasteiger charge is -2.14. The first-order valence-corrected chi connectivity index (χ1v) is 10.3. The van der Waals surface area contributed by atoms with Crippen LogP contribution >= 0.6 is 12.2 Å². The summed E-state index contributed by atoms with van der Waals surface area (Å²) in [4.78, 5) is 17.7. The highest BCUT2D eigenvalue weighted by Crippen LogP contribution is 2.18. The van der Waals surface area contributed by atoms with Crippen molar-refractivity contribution >= 4 is 23.3 Å². The molecule has 0 saturated heterocycles. The summed E-state index contributed by atoms with van der Waals surface area (Å²) < 4.78 is 23.6. The third kappa shape index (κ3) is 4.39. The molecule has 4 rings (SSSR count). The second-order valence-corrected chi connectivity index (χ2v) is 7.88. The number of aromatic nitrogens is 4. The highest BCUT2D eigenvalue weighted by molar-refractivity contribution is 7.71. The molecule has 2 N–H and O–H groups in total. The number of H-pyrrole nitrogens is 2. The Morgan fingerprint density at radius 3 is 2.68 bits per heavy atom. The zero-order valence-corrected chi connectivity index (χ0v) is 18.1. The molecule has 0 spiro atoms. The molecule has 0 aliphatic heterocycles. The average Bonchev–Trinajstić information content (AvgIpc) is 3.37. The van der Waals surface area contributed by atoms with Gasteiger partial charge in [-0.3, -0.25) is 9.78 Å². The number of nitrogens with zero attached hydrogens (tertiary/aromatic N) is 2. The van der Waals surface area contributed by atoms with E-state index in [-0.39, 0.29) is 12.2 Å². The van der Waals surface area contributed by atoms with Crippen LogP contribution in [0.4, 0.5) is 4.39 Å².